The molecule has 6 heteroatoms. The number of aromatic nitrogens is 2. The molecule has 3 rings (SSSR count). The van der Waals surface area contributed by atoms with Crippen molar-refractivity contribution >= 4 is 17.3 Å². The number of aryl methyl sites for hydroxylation is 1. The van der Waals surface area contributed by atoms with Crippen LogP contribution >= 0.6 is 0 Å². The van der Waals surface area contributed by atoms with Gasteiger partial charge in [-0.2, -0.15) is 0 Å². The Morgan fingerprint density at radius 2 is 1.57 bits per heavy atom. The molecule has 2 N–H and O–H groups in total. The van der Waals surface area contributed by atoms with E-state index in [0.717, 1.165) is 41.8 Å². The van der Waals surface area contributed by atoms with E-state index in [4.69, 9.17) is 9.47 Å². The van der Waals surface area contributed by atoms with Gasteiger partial charge in [0.15, 0.2) is 0 Å². The lowest BCUT2D eigenvalue weighted by Gasteiger charge is -2.11. The van der Waals surface area contributed by atoms with Gasteiger partial charge in [0.25, 0.3) is 0 Å². The number of anilines is 3. The van der Waals surface area contributed by atoms with Crippen molar-refractivity contribution in [2.75, 3.05) is 30.9 Å². The molecule has 0 atom stereocenters. The fraction of sp³-hybridized carbons (Fsp3) is 0.273. The number of hydrogen-bond acceptors (Lipinski definition) is 6. The number of hydrogen-bond donors (Lipinski definition) is 2. The lowest BCUT2D eigenvalue weighted by Crippen LogP contribution is -2.08. The number of benzene rings is 2. The van der Waals surface area contributed by atoms with Gasteiger partial charge >= 0.3 is 0 Å². The van der Waals surface area contributed by atoms with Gasteiger partial charge in [0.05, 0.1) is 13.7 Å². The minimum atomic E-state index is 0.656. The van der Waals surface area contributed by atoms with Gasteiger partial charge in [0.2, 0.25) is 0 Å². The molecule has 3 aromatic rings. The largest absolute Gasteiger partial charge is 0.497 e. The summed E-state index contributed by atoms with van der Waals surface area (Å²) in [5.41, 5.74) is 2.19. The normalized spacial score (nSPS) is 10.4. The number of methoxy groups -OCH3 is 1. The lowest BCUT2D eigenvalue weighted by atomic mass is 10.1. The molecule has 0 saturated heterocycles. The zero-order valence-electron chi connectivity index (χ0n) is 16.5. The smallest absolute Gasteiger partial charge is 0.136 e. The molecular formula is C22H26N4O2. The van der Waals surface area contributed by atoms with Gasteiger partial charge < -0.3 is 20.1 Å². The van der Waals surface area contributed by atoms with Crippen LogP contribution < -0.4 is 20.1 Å². The summed E-state index contributed by atoms with van der Waals surface area (Å²) in [7, 11) is 1.67. The first kappa shape index (κ1) is 19.5. The predicted molar refractivity (Wildman–Crippen MR) is 113 cm³/mol. The predicted octanol–water partition coefficient (Wildman–Crippen LogP) is 4.59. The van der Waals surface area contributed by atoms with E-state index in [1.807, 2.05) is 56.3 Å². The Morgan fingerprint density at radius 1 is 0.893 bits per heavy atom. The van der Waals surface area contributed by atoms with E-state index in [1.165, 1.54) is 5.56 Å². The van der Waals surface area contributed by atoms with Crippen molar-refractivity contribution in [3.05, 3.63) is 66.0 Å². The second-order valence-corrected chi connectivity index (χ2v) is 6.29. The maximum absolute atomic E-state index is 5.47. The molecule has 0 fully saturated rings. The minimum Gasteiger partial charge on any atom is -0.497 e. The molecule has 28 heavy (non-hydrogen) atoms. The molecule has 0 aliphatic carbocycles. The van der Waals surface area contributed by atoms with Crippen LogP contribution in [0.2, 0.25) is 0 Å². The standard InChI is InChI=1S/C22H26N4O2/c1-4-28-20-11-7-18(8-12-20)26-22-15-21(24-16(2)25-22)23-14-13-17-5-9-19(27-3)10-6-17/h5-12,15H,4,13-14H2,1-3H3,(H2,23,24,25,26). The van der Waals surface area contributed by atoms with E-state index in [0.29, 0.717) is 12.4 Å². The fourth-order valence-electron chi connectivity index (χ4n) is 2.80. The Morgan fingerprint density at radius 3 is 2.25 bits per heavy atom. The van der Waals surface area contributed by atoms with Crippen molar-refractivity contribution in [2.24, 2.45) is 0 Å². The molecule has 0 radical (unpaired) electrons. The summed E-state index contributed by atoms with van der Waals surface area (Å²) in [6, 6.07) is 17.8. The molecule has 1 heterocycles. The molecule has 0 unspecified atom stereocenters. The van der Waals surface area contributed by atoms with Crippen LogP contribution in [0.3, 0.4) is 0 Å². The highest BCUT2D eigenvalue weighted by atomic mass is 16.5. The van der Waals surface area contributed by atoms with Crippen molar-refractivity contribution in [3.63, 3.8) is 0 Å². The number of ether oxygens (including phenoxy) is 2. The molecule has 2 aromatic carbocycles. The molecule has 6 nitrogen and oxygen atoms in total. The highest BCUT2D eigenvalue weighted by molar-refractivity contribution is 5.60. The van der Waals surface area contributed by atoms with Gasteiger partial charge in [-0.05, 0) is 62.2 Å². The van der Waals surface area contributed by atoms with Gasteiger partial charge in [0.1, 0.15) is 29.0 Å². The van der Waals surface area contributed by atoms with Gasteiger partial charge in [0, 0.05) is 18.3 Å². The number of nitrogens with one attached hydrogen (secondary N) is 2. The van der Waals surface area contributed by atoms with Gasteiger partial charge in [-0.1, -0.05) is 12.1 Å². The summed E-state index contributed by atoms with van der Waals surface area (Å²) < 4.78 is 10.7. The van der Waals surface area contributed by atoms with Crippen LogP contribution in [-0.4, -0.2) is 30.2 Å². The zero-order chi connectivity index (χ0) is 19.8. The summed E-state index contributed by atoms with van der Waals surface area (Å²) in [5.74, 6) is 3.99. The summed E-state index contributed by atoms with van der Waals surface area (Å²) in [6.07, 6.45) is 0.898. The first-order valence-electron chi connectivity index (χ1n) is 9.38. The first-order chi connectivity index (χ1) is 13.7. The van der Waals surface area contributed by atoms with Crippen LogP contribution in [0.1, 0.15) is 18.3 Å². The van der Waals surface area contributed by atoms with Crippen molar-refractivity contribution in [3.8, 4) is 11.5 Å². The Kier molecular flexibility index (Phi) is 6.68. The van der Waals surface area contributed by atoms with Crippen molar-refractivity contribution in [2.45, 2.75) is 20.3 Å². The maximum Gasteiger partial charge on any atom is 0.136 e. The Labute approximate surface area is 166 Å². The quantitative estimate of drug-likeness (QED) is 0.568. The molecule has 0 aliphatic rings. The monoisotopic (exact) mass is 378 g/mol. The number of nitrogens with zero attached hydrogens (tertiary/aromatic N) is 2. The second kappa shape index (κ2) is 9.60. The van der Waals surface area contributed by atoms with E-state index in [-0.39, 0.29) is 0 Å². The maximum atomic E-state index is 5.47. The number of rotatable bonds is 9. The average molecular weight is 378 g/mol. The van der Waals surface area contributed by atoms with Crippen molar-refractivity contribution < 1.29 is 9.47 Å². The fourth-order valence-corrected chi connectivity index (χ4v) is 2.80. The Bertz CT molecular complexity index is 880. The molecular weight excluding hydrogens is 352 g/mol. The molecule has 1 aromatic heterocycles. The van der Waals surface area contributed by atoms with Crippen molar-refractivity contribution in [1.82, 2.24) is 9.97 Å². The topological polar surface area (TPSA) is 68.3 Å². The van der Waals surface area contributed by atoms with Gasteiger partial charge in [-0.25, -0.2) is 9.97 Å². The van der Waals surface area contributed by atoms with Crippen LogP contribution in [0.15, 0.2) is 54.6 Å². The lowest BCUT2D eigenvalue weighted by molar-refractivity contribution is 0.340. The van der Waals surface area contributed by atoms with Gasteiger partial charge in [-0.15, -0.1) is 0 Å². The van der Waals surface area contributed by atoms with E-state index in [9.17, 15) is 0 Å². The molecule has 146 valence electrons. The highest BCUT2D eigenvalue weighted by Gasteiger charge is 2.04. The van der Waals surface area contributed by atoms with Crippen molar-refractivity contribution in [1.29, 1.82) is 0 Å². The van der Waals surface area contributed by atoms with E-state index >= 15 is 0 Å². The molecule has 0 amide bonds. The van der Waals surface area contributed by atoms with Crippen LogP contribution in [0.4, 0.5) is 17.3 Å². The van der Waals surface area contributed by atoms with Gasteiger partial charge in [-0.3, -0.25) is 0 Å². The first-order valence-corrected chi connectivity index (χ1v) is 9.38. The molecule has 0 bridgehead atoms. The molecule has 0 saturated carbocycles. The SMILES string of the molecule is CCOc1ccc(Nc2cc(NCCc3ccc(OC)cc3)nc(C)n2)cc1. The van der Waals surface area contributed by atoms with Crippen LogP contribution in [0.25, 0.3) is 0 Å². The highest BCUT2D eigenvalue weighted by Crippen LogP contribution is 2.20. The van der Waals surface area contributed by atoms with Crippen LogP contribution in [0.5, 0.6) is 11.5 Å². The molecule has 0 aliphatic heterocycles. The zero-order valence-corrected chi connectivity index (χ0v) is 16.5. The third-order valence-electron chi connectivity index (χ3n) is 4.15. The van der Waals surface area contributed by atoms with E-state index in [2.05, 4.69) is 32.7 Å². The van der Waals surface area contributed by atoms with Crippen LogP contribution in [0, 0.1) is 6.92 Å². The Hall–Kier alpha value is -3.28. The third-order valence-corrected chi connectivity index (χ3v) is 4.15. The summed E-state index contributed by atoms with van der Waals surface area (Å²) in [4.78, 5) is 8.94. The third kappa shape index (κ3) is 5.61. The average Bonchev–Trinajstić information content (AvgIpc) is 2.70. The van der Waals surface area contributed by atoms with E-state index < -0.39 is 0 Å². The second-order valence-electron chi connectivity index (χ2n) is 6.29. The summed E-state index contributed by atoms with van der Waals surface area (Å²) >= 11 is 0. The Balaban J connectivity index is 1.59. The minimum absolute atomic E-state index is 0.656. The molecule has 0 spiro atoms. The van der Waals surface area contributed by atoms with E-state index in [1.54, 1.807) is 7.11 Å². The summed E-state index contributed by atoms with van der Waals surface area (Å²) in [5, 5.41) is 6.69. The van der Waals surface area contributed by atoms with Crippen LogP contribution in [-0.2, 0) is 6.42 Å². The summed E-state index contributed by atoms with van der Waals surface area (Å²) in [6.45, 7) is 5.30.